The third-order valence-electron chi connectivity index (χ3n) is 2.07. The SMILES string of the molecule is CCCNc1ccc(-n2cccn2)nc1. The van der Waals surface area contributed by atoms with Gasteiger partial charge in [0.05, 0.1) is 11.9 Å². The molecule has 0 amide bonds. The first-order valence-electron chi connectivity index (χ1n) is 5.10. The Morgan fingerprint density at radius 3 is 2.93 bits per heavy atom. The first kappa shape index (κ1) is 9.71. The van der Waals surface area contributed by atoms with Crippen molar-refractivity contribution in [2.24, 2.45) is 0 Å². The molecule has 0 aliphatic heterocycles. The van der Waals surface area contributed by atoms with Crippen LogP contribution in [0.15, 0.2) is 36.8 Å². The van der Waals surface area contributed by atoms with Gasteiger partial charge in [0, 0.05) is 18.9 Å². The lowest BCUT2D eigenvalue weighted by Crippen LogP contribution is -2.02. The average Bonchev–Trinajstić information content (AvgIpc) is 2.80. The predicted molar refractivity (Wildman–Crippen MR) is 60.1 cm³/mol. The van der Waals surface area contributed by atoms with Gasteiger partial charge >= 0.3 is 0 Å². The highest BCUT2D eigenvalue weighted by molar-refractivity contribution is 5.43. The van der Waals surface area contributed by atoms with Crippen LogP contribution in [-0.4, -0.2) is 21.3 Å². The Hall–Kier alpha value is -1.84. The molecular weight excluding hydrogens is 188 g/mol. The van der Waals surface area contributed by atoms with Crippen molar-refractivity contribution >= 4 is 5.69 Å². The van der Waals surface area contributed by atoms with Crippen molar-refractivity contribution in [2.75, 3.05) is 11.9 Å². The van der Waals surface area contributed by atoms with Crippen LogP contribution in [-0.2, 0) is 0 Å². The summed E-state index contributed by atoms with van der Waals surface area (Å²) in [6.07, 6.45) is 6.56. The van der Waals surface area contributed by atoms with Gasteiger partial charge in [-0.05, 0) is 24.6 Å². The van der Waals surface area contributed by atoms with E-state index >= 15 is 0 Å². The van der Waals surface area contributed by atoms with Gasteiger partial charge in [-0.2, -0.15) is 5.10 Å². The highest BCUT2D eigenvalue weighted by Crippen LogP contribution is 2.08. The molecule has 0 spiro atoms. The third-order valence-corrected chi connectivity index (χ3v) is 2.07. The summed E-state index contributed by atoms with van der Waals surface area (Å²) >= 11 is 0. The van der Waals surface area contributed by atoms with Crippen molar-refractivity contribution in [3.8, 4) is 5.82 Å². The minimum absolute atomic E-state index is 0.835. The van der Waals surface area contributed by atoms with Gasteiger partial charge in [0.2, 0.25) is 0 Å². The molecule has 0 radical (unpaired) electrons. The number of pyridine rings is 1. The topological polar surface area (TPSA) is 42.7 Å². The monoisotopic (exact) mass is 202 g/mol. The number of nitrogens with one attached hydrogen (secondary N) is 1. The van der Waals surface area contributed by atoms with Crippen molar-refractivity contribution in [3.63, 3.8) is 0 Å². The van der Waals surface area contributed by atoms with Gasteiger partial charge in [-0.15, -0.1) is 0 Å². The second-order valence-electron chi connectivity index (χ2n) is 3.28. The number of hydrogen-bond acceptors (Lipinski definition) is 3. The van der Waals surface area contributed by atoms with E-state index in [0.29, 0.717) is 0 Å². The van der Waals surface area contributed by atoms with Crippen LogP contribution in [0.25, 0.3) is 5.82 Å². The van der Waals surface area contributed by atoms with Gasteiger partial charge in [-0.3, -0.25) is 0 Å². The molecule has 2 rings (SSSR count). The van der Waals surface area contributed by atoms with Gasteiger partial charge in [0.1, 0.15) is 0 Å². The lowest BCUT2D eigenvalue weighted by Gasteiger charge is -2.05. The van der Waals surface area contributed by atoms with Crippen LogP contribution < -0.4 is 5.32 Å². The number of aromatic nitrogens is 3. The van der Waals surface area contributed by atoms with E-state index in [0.717, 1.165) is 24.5 Å². The van der Waals surface area contributed by atoms with Gasteiger partial charge in [-0.1, -0.05) is 6.92 Å². The molecule has 78 valence electrons. The molecule has 0 atom stereocenters. The molecule has 0 unspecified atom stereocenters. The number of rotatable bonds is 4. The van der Waals surface area contributed by atoms with Crippen LogP contribution in [0.5, 0.6) is 0 Å². The van der Waals surface area contributed by atoms with Crippen molar-refractivity contribution in [2.45, 2.75) is 13.3 Å². The first-order valence-corrected chi connectivity index (χ1v) is 5.10. The number of hydrogen-bond donors (Lipinski definition) is 1. The average molecular weight is 202 g/mol. The van der Waals surface area contributed by atoms with E-state index in [9.17, 15) is 0 Å². The second-order valence-corrected chi connectivity index (χ2v) is 3.28. The fraction of sp³-hybridized carbons (Fsp3) is 0.273. The summed E-state index contributed by atoms with van der Waals surface area (Å²) in [6, 6.07) is 5.84. The number of anilines is 1. The Bertz CT molecular complexity index is 391. The molecule has 4 nitrogen and oxygen atoms in total. The minimum atomic E-state index is 0.835. The Labute approximate surface area is 89.0 Å². The van der Waals surface area contributed by atoms with E-state index in [2.05, 4.69) is 22.3 Å². The van der Waals surface area contributed by atoms with E-state index in [4.69, 9.17) is 0 Å². The van der Waals surface area contributed by atoms with E-state index in [1.165, 1.54) is 0 Å². The fourth-order valence-corrected chi connectivity index (χ4v) is 1.30. The molecule has 0 fully saturated rings. The van der Waals surface area contributed by atoms with Crippen molar-refractivity contribution in [1.82, 2.24) is 14.8 Å². The summed E-state index contributed by atoms with van der Waals surface area (Å²) in [5, 5.41) is 7.39. The minimum Gasteiger partial charge on any atom is -0.384 e. The Kier molecular flexibility index (Phi) is 2.97. The smallest absolute Gasteiger partial charge is 0.153 e. The zero-order chi connectivity index (χ0) is 10.5. The lowest BCUT2D eigenvalue weighted by atomic mass is 10.4. The third kappa shape index (κ3) is 2.34. The van der Waals surface area contributed by atoms with Gasteiger partial charge in [0.25, 0.3) is 0 Å². The van der Waals surface area contributed by atoms with Crippen LogP contribution in [0.2, 0.25) is 0 Å². The quantitative estimate of drug-likeness (QED) is 0.825. The van der Waals surface area contributed by atoms with Gasteiger partial charge in [-0.25, -0.2) is 9.67 Å². The largest absolute Gasteiger partial charge is 0.384 e. The van der Waals surface area contributed by atoms with E-state index in [1.807, 2.05) is 30.6 Å². The van der Waals surface area contributed by atoms with Crippen molar-refractivity contribution in [3.05, 3.63) is 36.8 Å². The normalized spacial score (nSPS) is 10.2. The summed E-state index contributed by atoms with van der Waals surface area (Å²) < 4.78 is 1.74. The van der Waals surface area contributed by atoms with E-state index < -0.39 is 0 Å². The molecule has 0 aromatic carbocycles. The van der Waals surface area contributed by atoms with Gasteiger partial charge in [0.15, 0.2) is 5.82 Å². The number of nitrogens with zero attached hydrogens (tertiary/aromatic N) is 3. The maximum atomic E-state index is 4.31. The molecule has 0 bridgehead atoms. The predicted octanol–water partition coefficient (Wildman–Crippen LogP) is 2.09. The standard InChI is InChI=1S/C11H14N4/c1-2-6-12-10-4-5-11(13-9-10)15-8-3-7-14-15/h3-5,7-9,12H,2,6H2,1H3. The molecule has 1 N–H and O–H groups in total. The molecule has 0 saturated heterocycles. The molecule has 2 aromatic heterocycles. The zero-order valence-electron chi connectivity index (χ0n) is 8.72. The molecule has 0 saturated carbocycles. The molecule has 0 aliphatic carbocycles. The van der Waals surface area contributed by atoms with Crippen LogP contribution in [0.1, 0.15) is 13.3 Å². The summed E-state index contributed by atoms with van der Waals surface area (Å²) in [5.41, 5.74) is 1.05. The molecule has 2 aromatic rings. The van der Waals surface area contributed by atoms with Crippen LogP contribution in [0, 0.1) is 0 Å². The highest BCUT2D eigenvalue weighted by Gasteiger charge is 1.97. The molecule has 0 aliphatic rings. The van der Waals surface area contributed by atoms with E-state index in [-0.39, 0.29) is 0 Å². The van der Waals surface area contributed by atoms with Crippen LogP contribution in [0.4, 0.5) is 5.69 Å². The maximum absolute atomic E-state index is 4.31. The van der Waals surface area contributed by atoms with Gasteiger partial charge < -0.3 is 5.32 Å². The summed E-state index contributed by atoms with van der Waals surface area (Å²) in [4.78, 5) is 4.31. The van der Waals surface area contributed by atoms with Crippen molar-refractivity contribution < 1.29 is 0 Å². The van der Waals surface area contributed by atoms with E-state index in [1.54, 1.807) is 10.9 Å². The second kappa shape index (κ2) is 4.59. The Balaban J connectivity index is 2.11. The summed E-state index contributed by atoms with van der Waals surface area (Å²) in [7, 11) is 0. The lowest BCUT2D eigenvalue weighted by molar-refractivity contribution is 0.846. The molecule has 2 heterocycles. The summed E-state index contributed by atoms with van der Waals surface area (Å²) in [5.74, 6) is 0.835. The zero-order valence-corrected chi connectivity index (χ0v) is 8.72. The molecule has 15 heavy (non-hydrogen) atoms. The van der Waals surface area contributed by atoms with Crippen LogP contribution in [0.3, 0.4) is 0 Å². The van der Waals surface area contributed by atoms with Crippen molar-refractivity contribution in [1.29, 1.82) is 0 Å². The Morgan fingerprint density at radius 1 is 1.40 bits per heavy atom. The van der Waals surface area contributed by atoms with Crippen LogP contribution >= 0.6 is 0 Å². The molecular formula is C11H14N4. The highest BCUT2D eigenvalue weighted by atomic mass is 15.3. The fourth-order valence-electron chi connectivity index (χ4n) is 1.30. The molecule has 4 heteroatoms. The summed E-state index contributed by atoms with van der Waals surface area (Å²) in [6.45, 7) is 3.11. The first-order chi connectivity index (χ1) is 7.40. The maximum Gasteiger partial charge on any atom is 0.153 e. The Morgan fingerprint density at radius 2 is 2.33 bits per heavy atom.